The first kappa shape index (κ1) is 12.8. The Balaban J connectivity index is 1.69. The molecule has 1 amide bonds. The summed E-state index contributed by atoms with van der Waals surface area (Å²) in [6, 6.07) is 0. The summed E-state index contributed by atoms with van der Waals surface area (Å²) < 4.78 is 0. The van der Waals surface area contributed by atoms with Gasteiger partial charge in [-0.05, 0) is 51.4 Å². The van der Waals surface area contributed by atoms with Crippen molar-refractivity contribution >= 4 is 5.91 Å². The first-order chi connectivity index (χ1) is 8.16. The van der Waals surface area contributed by atoms with Gasteiger partial charge in [-0.15, -0.1) is 0 Å². The summed E-state index contributed by atoms with van der Waals surface area (Å²) in [5.41, 5.74) is 0. The molecule has 0 bridgehead atoms. The number of amides is 1. The Morgan fingerprint density at radius 1 is 1.35 bits per heavy atom. The lowest BCUT2D eigenvalue weighted by Gasteiger charge is -2.29. The van der Waals surface area contributed by atoms with Gasteiger partial charge in [-0.1, -0.05) is 6.92 Å². The fourth-order valence-electron chi connectivity index (χ4n) is 2.80. The SMILES string of the molecule is C[C@@H]1CNC[C@H]1C(=O)NCC1CCN(C)CC1. The second kappa shape index (κ2) is 5.83. The van der Waals surface area contributed by atoms with E-state index in [1.165, 1.54) is 25.9 Å². The highest BCUT2D eigenvalue weighted by molar-refractivity contribution is 5.79. The lowest BCUT2D eigenvalue weighted by atomic mass is 9.95. The Labute approximate surface area is 104 Å². The molecule has 0 radical (unpaired) electrons. The van der Waals surface area contributed by atoms with Crippen LogP contribution in [0.2, 0.25) is 0 Å². The number of hydrogen-bond donors (Lipinski definition) is 2. The van der Waals surface area contributed by atoms with Crippen LogP contribution in [0.5, 0.6) is 0 Å². The maximum Gasteiger partial charge on any atom is 0.224 e. The minimum Gasteiger partial charge on any atom is -0.356 e. The van der Waals surface area contributed by atoms with Gasteiger partial charge in [0, 0.05) is 13.1 Å². The fraction of sp³-hybridized carbons (Fsp3) is 0.923. The van der Waals surface area contributed by atoms with Gasteiger partial charge in [0.15, 0.2) is 0 Å². The van der Waals surface area contributed by atoms with Gasteiger partial charge in [-0.3, -0.25) is 4.79 Å². The molecule has 2 rings (SSSR count). The number of likely N-dealkylation sites (tertiary alicyclic amines) is 1. The molecule has 4 heteroatoms. The molecular formula is C13H25N3O. The summed E-state index contributed by atoms with van der Waals surface area (Å²) in [5.74, 6) is 1.59. The molecule has 0 aliphatic carbocycles. The van der Waals surface area contributed by atoms with E-state index in [4.69, 9.17) is 0 Å². The molecule has 2 aliphatic rings. The minimum absolute atomic E-state index is 0.182. The molecule has 2 aliphatic heterocycles. The first-order valence-corrected chi connectivity index (χ1v) is 6.84. The number of hydrogen-bond acceptors (Lipinski definition) is 3. The highest BCUT2D eigenvalue weighted by Crippen LogP contribution is 2.17. The average Bonchev–Trinajstić information content (AvgIpc) is 2.74. The van der Waals surface area contributed by atoms with E-state index in [1.807, 2.05) is 0 Å². The predicted octanol–water partition coefficient (Wildman–Crippen LogP) is 0.300. The highest BCUT2D eigenvalue weighted by Gasteiger charge is 2.29. The van der Waals surface area contributed by atoms with Gasteiger partial charge >= 0.3 is 0 Å². The summed E-state index contributed by atoms with van der Waals surface area (Å²) in [7, 11) is 2.17. The van der Waals surface area contributed by atoms with Crippen molar-refractivity contribution in [3.63, 3.8) is 0 Å². The Morgan fingerprint density at radius 2 is 2.06 bits per heavy atom. The van der Waals surface area contributed by atoms with E-state index in [2.05, 4.69) is 29.5 Å². The van der Waals surface area contributed by atoms with Crippen LogP contribution in [0.25, 0.3) is 0 Å². The Kier molecular flexibility index (Phi) is 4.40. The number of nitrogens with one attached hydrogen (secondary N) is 2. The molecule has 0 aromatic heterocycles. The van der Waals surface area contributed by atoms with E-state index in [1.54, 1.807) is 0 Å². The van der Waals surface area contributed by atoms with Crippen LogP contribution in [-0.2, 0) is 4.79 Å². The van der Waals surface area contributed by atoms with Gasteiger partial charge < -0.3 is 15.5 Å². The van der Waals surface area contributed by atoms with Crippen LogP contribution >= 0.6 is 0 Å². The van der Waals surface area contributed by atoms with Gasteiger partial charge in [0.1, 0.15) is 0 Å². The number of nitrogens with zero attached hydrogens (tertiary/aromatic N) is 1. The van der Waals surface area contributed by atoms with E-state index >= 15 is 0 Å². The number of carbonyl (C=O) groups is 1. The summed E-state index contributed by atoms with van der Waals surface area (Å²) in [6.45, 7) is 7.19. The number of piperidine rings is 1. The molecule has 4 nitrogen and oxygen atoms in total. The van der Waals surface area contributed by atoms with Crippen molar-refractivity contribution in [1.82, 2.24) is 15.5 Å². The van der Waals surface area contributed by atoms with Crippen LogP contribution in [0.4, 0.5) is 0 Å². The average molecular weight is 239 g/mol. The van der Waals surface area contributed by atoms with Crippen LogP contribution < -0.4 is 10.6 Å². The maximum absolute atomic E-state index is 12.0. The van der Waals surface area contributed by atoms with E-state index in [0.29, 0.717) is 11.8 Å². The van der Waals surface area contributed by atoms with Crippen molar-refractivity contribution in [3.8, 4) is 0 Å². The van der Waals surface area contributed by atoms with Crippen LogP contribution in [0, 0.1) is 17.8 Å². The zero-order chi connectivity index (χ0) is 12.3. The maximum atomic E-state index is 12.0. The molecule has 0 aromatic carbocycles. The molecule has 0 aromatic rings. The summed E-state index contributed by atoms with van der Waals surface area (Å²) in [5, 5.41) is 6.42. The van der Waals surface area contributed by atoms with Crippen molar-refractivity contribution < 1.29 is 4.79 Å². The predicted molar refractivity (Wildman–Crippen MR) is 68.8 cm³/mol. The minimum atomic E-state index is 0.182. The molecule has 0 saturated carbocycles. The van der Waals surface area contributed by atoms with Gasteiger partial charge in [-0.25, -0.2) is 0 Å². The molecule has 98 valence electrons. The monoisotopic (exact) mass is 239 g/mol. The van der Waals surface area contributed by atoms with Crippen molar-refractivity contribution in [2.75, 3.05) is 39.8 Å². The second-order valence-electron chi connectivity index (χ2n) is 5.73. The zero-order valence-electron chi connectivity index (χ0n) is 11.0. The van der Waals surface area contributed by atoms with Crippen molar-refractivity contribution in [1.29, 1.82) is 0 Å². The summed E-state index contributed by atoms with van der Waals surface area (Å²) in [6.07, 6.45) is 2.44. The lowest BCUT2D eigenvalue weighted by Crippen LogP contribution is -2.40. The Bertz CT molecular complexity index is 261. The fourth-order valence-corrected chi connectivity index (χ4v) is 2.80. The molecule has 17 heavy (non-hydrogen) atoms. The molecule has 2 saturated heterocycles. The van der Waals surface area contributed by atoms with Gasteiger partial charge in [-0.2, -0.15) is 0 Å². The number of rotatable bonds is 3. The van der Waals surface area contributed by atoms with Crippen LogP contribution in [0.1, 0.15) is 19.8 Å². The van der Waals surface area contributed by atoms with Gasteiger partial charge in [0.25, 0.3) is 0 Å². The van der Waals surface area contributed by atoms with Crippen LogP contribution in [-0.4, -0.2) is 50.6 Å². The molecule has 0 spiro atoms. The second-order valence-corrected chi connectivity index (χ2v) is 5.73. The molecule has 2 fully saturated rings. The van der Waals surface area contributed by atoms with Crippen LogP contribution in [0.15, 0.2) is 0 Å². The van der Waals surface area contributed by atoms with Crippen molar-refractivity contribution in [2.24, 2.45) is 17.8 Å². The third kappa shape index (κ3) is 3.42. The standard InChI is InChI=1S/C13H25N3O/c1-10-7-14-9-12(10)13(17)15-8-11-3-5-16(2)6-4-11/h10-12,14H,3-9H2,1-2H3,(H,15,17)/t10-,12-/m1/s1. The third-order valence-corrected chi connectivity index (χ3v) is 4.26. The quantitative estimate of drug-likeness (QED) is 0.744. The highest BCUT2D eigenvalue weighted by atomic mass is 16.1. The molecule has 2 atom stereocenters. The largest absolute Gasteiger partial charge is 0.356 e. The summed E-state index contributed by atoms with van der Waals surface area (Å²) >= 11 is 0. The van der Waals surface area contributed by atoms with E-state index in [0.717, 1.165) is 19.6 Å². The topological polar surface area (TPSA) is 44.4 Å². The van der Waals surface area contributed by atoms with Gasteiger partial charge in [0.2, 0.25) is 5.91 Å². The van der Waals surface area contributed by atoms with Crippen LogP contribution in [0.3, 0.4) is 0 Å². The smallest absolute Gasteiger partial charge is 0.224 e. The van der Waals surface area contributed by atoms with E-state index in [-0.39, 0.29) is 11.8 Å². The van der Waals surface area contributed by atoms with Crippen molar-refractivity contribution in [3.05, 3.63) is 0 Å². The Morgan fingerprint density at radius 3 is 2.65 bits per heavy atom. The third-order valence-electron chi connectivity index (χ3n) is 4.26. The molecule has 2 N–H and O–H groups in total. The number of carbonyl (C=O) groups excluding carboxylic acids is 1. The lowest BCUT2D eigenvalue weighted by molar-refractivity contribution is -0.125. The normalized spacial score (nSPS) is 31.6. The van der Waals surface area contributed by atoms with E-state index in [9.17, 15) is 4.79 Å². The zero-order valence-corrected chi connectivity index (χ0v) is 11.0. The van der Waals surface area contributed by atoms with E-state index < -0.39 is 0 Å². The molecule has 0 unspecified atom stereocenters. The molecular weight excluding hydrogens is 214 g/mol. The first-order valence-electron chi connectivity index (χ1n) is 6.84. The Hall–Kier alpha value is -0.610. The molecule has 2 heterocycles. The van der Waals surface area contributed by atoms with Crippen molar-refractivity contribution in [2.45, 2.75) is 19.8 Å². The van der Waals surface area contributed by atoms with Gasteiger partial charge in [0.05, 0.1) is 5.92 Å². The summed E-state index contributed by atoms with van der Waals surface area (Å²) in [4.78, 5) is 14.4.